The van der Waals surface area contributed by atoms with Gasteiger partial charge in [-0.15, -0.1) is 24.0 Å². The summed E-state index contributed by atoms with van der Waals surface area (Å²) in [4.78, 5) is 16.2. The van der Waals surface area contributed by atoms with Gasteiger partial charge in [0.1, 0.15) is 11.9 Å². The largest absolute Gasteiger partial charge is 0.489 e. The number of hydrogen-bond acceptors (Lipinski definition) is 3. The summed E-state index contributed by atoms with van der Waals surface area (Å²) in [5.74, 6) is 2.04. The number of amides is 1. The molecule has 2 rings (SSSR count). The lowest BCUT2D eigenvalue weighted by atomic mass is 10.2. The third-order valence-electron chi connectivity index (χ3n) is 3.96. The van der Waals surface area contributed by atoms with Gasteiger partial charge in [0.05, 0.1) is 6.54 Å². The van der Waals surface area contributed by atoms with Crippen molar-refractivity contribution in [2.75, 3.05) is 26.2 Å². The summed E-state index contributed by atoms with van der Waals surface area (Å²) in [5.41, 5.74) is 0. The van der Waals surface area contributed by atoms with E-state index in [9.17, 15) is 4.79 Å². The molecule has 0 saturated heterocycles. The van der Waals surface area contributed by atoms with Gasteiger partial charge < -0.3 is 20.7 Å². The van der Waals surface area contributed by atoms with E-state index in [0.29, 0.717) is 19.6 Å². The molecule has 0 heterocycles. The highest BCUT2D eigenvalue weighted by molar-refractivity contribution is 14.0. The molecule has 0 spiro atoms. The van der Waals surface area contributed by atoms with E-state index < -0.39 is 0 Å². The molecule has 1 atom stereocenters. The molecule has 7 heteroatoms. The van der Waals surface area contributed by atoms with Crippen LogP contribution in [0, 0.1) is 5.92 Å². The molecule has 0 aromatic heterocycles. The van der Waals surface area contributed by atoms with E-state index in [-0.39, 0.29) is 41.9 Å². The molecule has 1 amide bonds. The minimum atomic E-state index is 0. The molecule has 3 N–H and O–H groups in total. The van der Waals surface area contributed by atoms with E-state index >= 15 is 0 Å². The highest BCUT2D eigenvalue weighted by Gasteiger charge is 2.28. The predicted octanol–water partition coefficient (Wildman–Crippen LogP) is 2.54. The quantitative estimate of drug-likeness (QED) is 0.211. The van der Waals surface area contributed by atoms with Crippen molar-refractivity contribution in [1.82, 2.24) is 16.0 Å². The minimum Gasteiger partial charge on any atom is -0.489 e. The van der Waals surface area contributed by atoms with Crippen LogP contribution >= 0.6 is 24.0 Å². The number of aliphatic imine (C=N–C) groups is 1. The van der Waals surface area contributed by atoms with Gasteiger partial charge in [-0.3, -0.25) is 4.79 Å². The Bertz CT molecular complexity index is 550. The molecule has 1 aromatic rings. The van der Waals surface area contributed by atoms with Crippen LogP contribution in [0.1, 0.15) is 33.1 Å². The maximum atomic E-state index is 11.6. The molecular weight excluding hydrogens is 443 g/mol. The lowest BCUT2D eigenvalue weighted by Crippen LogP contribution is -2.42. The Kier molecular flexibility index (Phi) is 11.1. The van der Waals surface area contributed by atoms with Gasteiger partial charge in [0.25, 0.3) is 0 Å². The van der Waals surface area contributed by atoms with Gasteiger partial charge in [-0.1, -0.05) is 25.1 Å². The van der Waals surface area contributed by atoms with E-state index in [2.05, 4.69) is 27.9 Å². The van der Waals surface area contributed by atoms with E-state index in [4.69, 9.17) is 4.74 Å². The van der Waals surface area contributed by atoms with Crippen molar-refractivity contribution >= 4 is 35.8 Å². The minimum absolute atomic E-state index is 0. The maximum absolute atomic E-state index is 11.6. The van der Waals surface area contributed by atoms with Crippen LogP contribution in [-0.4, -0.2) is 44.1 Å². The predicted molar refractivity (Wildman–Crippen MR) is 116 cm³/mol. The van der Waals surface area contributed by atoms with Crippen LogP contribution in [0.2, 0.25) is 0 Å². The summed E-state index contributed by atoms with van der Waals surface area (Å²) in [6.07, 6.45) is 2.98. The second-order valence-electron chi connectivity index (χ2n) is 6.17. The Morgan fingerprint density at radius 1 is 1.15 bits per heavy atom. The van der Waals surface area contributed by atoms with Crippen molar-refractivity contribution in [3.8, 4) is 5.75 Å². The van der Waals surface area contributed by atoms with Gasteiger partial charge in [0.15, 0.2) is 5.96 Å². The first-order chi connectivity index (χ1) is 12.2. The maximum Gasteiger partial charge on any atom is 0.223 e. The van der Waals surface area contributed by atoms with Gasteiger partial charge in [-0.25, -0.2) is 4.99 Å². The number of rotatable bonds is 10. The van der Waals surface area contributed by atoms with Crippen LogP contribution in [0.3, 0.4) is 0 Å². The first-order valence-electron chi connectivity index (χ1n) is 9.24. The Morgan fingerprint density at radius 2 is 1.85 bits per heavy atom. The fraction of sp³-hybridized carbons (Fsp3) is 0.579. The monoisotopic (exact) mass is 474 g/mol. The smallest absolute Gasteiger partial charge is 0.223 e. The number of halogens is 1. The molecule has 1 aliphatic carbocycles. The van der Waals surface area contributed by atoms with Crippen LogP contribution in [0.5, 0.6) is 5.75 Å². The standard InChI is InChI=1S/C19H30N4O2.HI/c1-3-16(25-17-8-6-5-7-9-17)14-23-19(20-4-2)22-13-12-21-18(24)15-10-11-15;/h5-9,15-16H,3-4,10-14H2,1-2H3,(H,21,24)(H2,20,22,23);1H. The van der Waals surface area contributed by atoms with E-state index in [1.165, 1.54) is 0 Å². The second kappa shape index (κ2) is 12.8. The van der Waals surface area contributed by atoms with Crippen molar-refractivity contribution < 1.29 is 9.53 Å². The van der Waals surface area contributed by atoms with Crippen LogP contribution in [-0.2, 0) is 4.79 Å². The van der Waals surface area contributed by atoms with Gasteiger partial charge in [-0.2, -0.15) is 0 Å². The second-order valence-corrected chi connectivity index (χ2v) is 6.17. The molecule has 1 fully saturated rings. The highest BCUT2D eigenvalue weighted by atomic mass is 127. The molecule has 1 aliphatic rings. The summed E-state index contributed by atoms with van der Waals surface area (Å²) >= 11 is 0. The van der Waals surface area contributed by atoms with E-state index in [1.807, 2.05) is 37.3 Å². The molecule has 0 aliphatic heterocycles. The molecule has 26 heavy (non-hydrogen) atoms. The molecule has 1 unspecified atom stereocenters. The number of ether oxygens (including phenoxy) is 1. The Hall–Kier alpha value is -1.51. The lowest BCUT2D eigenvalue weighted by molar-refractivity contribution is -0.122. The zero-order valence-corrected chi connectivity index (χ0v) is 18.0. The SMILES string of the molecule is CCNC(=NCC(CC)Oc1ccccc1)NCCNC(=O)C1CC1.I. The fourth-order valence-corrected chi connectivity index (χ4v) is 2.33. The number of benzene rings is 1. The van der Waals surface area contributed by atoms with Crippen molar-refractivity contribution in [3.63, 3.8) is 0 Å². The normalized spacial score (nSPS) is 14.8. The third kappa shape index (κ3) is 8.73. The first kappa shape index (κ1) is 22.5. The van der Waals surface area contributed by atoms with Crippen molar-refractivity contribution in [2.45, 2.75) is 39.2 Å². The Labute approximate surface area is 173 Å². The topological polar surface area (TPSA) is 74.8 Å². The van der Waals surface area contributed by atoms with Crippen molar-refractivity contribution in [1.29, 1.82) is 0 Å². The molecule has 0 bridgehead atoms. The number of hydrogen-bond donors (Lipinski definition) is 3. The molecule has 1 saturated carbocycles. The van der Waals surface area contributed by atoms with Gasteiger partial charge in [-0.05, 0) is 38.3 Å². The average molecular weight is 474 g/mol. The van der Waals surface area contributed by atoms with Gasteiger partial charge >= 0.3 is 0 Å². The number of carbonyl (C=O) groups excluding carboxylic acids is 1. The van der Waals surface area contributed by atoms with Crippen LogP contribution in [0.25, 0.3) is 0 Å². The van der Waals surface area contributed by atoms with Crippen molar-refractivity contribution in [2.24, 2.45) is 10.9 Å². The summed E-state index contributed by atoms with van der Waals surface area (Å²) in [6.45, 7) is 6.75. The average Bonchev–Trinajstić information content (AvgIpc) is 3.47. The third-order valence-corrected chi connectivity index (χ3v) is 3.96. The molecule has 6 nitrogen and oxygen atoms in total. The summed E-state index contributed by atoms with van der Waals surface area (Å²) < 4.78 is 5.96. The first-order valence-corrected chi connectivity index (χ1v) is 9.24. The van der Waals surface area contributed by atoms with Crippen LogP contribution in [0.15, 0.2) is 35.3 Å². The van der Waals surface area contributed by atoms with E-state index in [1.54, 1.807) is 0 Å². The van der Waals surface area contributed by atoms with Crippen molar-refractivity contribution in [3.05, 3.63) is 30.3 Å². The van der Waals surface area contributed by atoms with Crippen LogP contribution < -0.4 is 20.7 Å². The van der Waals surface area contributed by atoms with Gasteiger partial charge in [0, 0.05) is 25.6 Å². The summed E-state index contributed by atoms with van der Waals surface area (Å²) in [5, 5.41) is 9.41. The van der Waals surface area contributed by atoms with Crippen LogP contribution in [0.4, 0.5) is 0 Å². The number of guanidine groups is 1. The number of para-hydroxylation sites is 1. The summed E-state index contributed by atoms with van der Waals surface area (Å²) in [7, 11) is 0. The molecule has 1 aromatic carbocycles. The molecule has 146 valence electrons. The van der Waals surface area contributed by atoms with Gasteiger partial charge in [0.2, 0.25) is 5.91 Å². The highest BCUT2D eigenvalue weighted by Crippen LogP contribution is 2.28. The Balaban J connectivity index is 0.00000338. The lowest BCUT2D eigenvalue weighted by Gasteiger charge is -2.17. The van der Waals surface area contributed by atoms with E-state index in [0.717, 1.165) is 37.5 Å². The number of nitrogens with one attached hydrogen (secondary N) is 3. The zero-order valence-electron chi connectivity index (χ0n) is 15.7. The summed E-state index contributed by atoms with van der Waals surface area (Å²) in [6, 6.07) is 9.82. The Morgan fingerprint density at radius 3 is 2.46 bits per heavy atom. The zero-order chi connectivity index (χ0) is 17.9. The molecular formula is C19H31IN4O2. The number of carbonyl (C=O) groups is 1. The fourth-order valence-electron chi connectivity index (χ4n) is 2.33. The molecule has 0 radical (unpaired) electrons. The number of nitrogens with zero attached hydrogens (tertiary/aromatic N) is 1.